The van der Waals surface area contributed by atoms with E-state index in [1.807, 2.05) is 0 Å². The van der Waals surface area contributed by atoms with Gasteiger partial charge in [0.05, 0.1) is 0 Å². The fraction of sp³-hybridized carbons (Fsp3) is 1.00. The van der Waals surface area contributed by atoms with E-state index in [0.29, 0.717) is 0 Å². The van der Waals surface area contributed by atoms with Crippen molar-refractivity contribution in [1.29, 1.82) is 0 Å². The molecule has 2 aliphatic heterocycles. The van der Waals surface area contributed by atoms with Crippen molar-refractivity contribution in [2.75, 3.05) is 19.6 Å². The van der Waals surface area contributed by atoms with Crippen molar-refractivity contribution >= 4 is 0 Å². The number of hydrogen-bond acceptors (Lipinski definition) is 2. The van der Waals surface area contributed by atoms with Gasteiger partial charge in [0.1, 0.15) is 0 Å². The highest BCUT2D eigenvalue weighted by atomic mass is 15.1. The molecule has 8 heavy (non-hydrogen) atoms. The van der Waals surface area contributed by atoms with Gasteiger partial charge in [-0.3, -0.25) is 0 Å². The highest BCUT2D eigenvalue weighted by molar-refractivity contribution is 4.88. The third kappa shape index (κ3) is 0.644. The van der Waals surface area contributed by atoms with E-state index < -0.39 is 0 Å². The van der Waals surface area contributed by atoms with E-state index >= 15 is 0 Å². The van der Waals surface area contributed by atoms with E-state index in [0.717, 1.165) is 12.0 Å². The third-order valence-corrected chi connectivity index (χ3v) is 2.14. The molecule has 0 saturated carbocycles. The van der Waals surface area contributed by atoms with Crippen LogP contribution in [-0.4, -0.2) is 25.7 Å². The van der Waals surface area contributed by atoms with Crippen LogP contribution in [0.2, 0.25) is 0 Å². The largest absolute Gasteiger partial charge is 0.315 e. The summed E-state index contributed by atoms with van der Waals surface area (Å²) in [6.45, 7) is 3.68. The number of piperidine rings is 1. The van der Waals surface area contributed by atoms with Crippen molar-refractivity contribution in [1.82, 2.24) is 10.6 Å². The molecule has 2 saturated heterocycles. The first-order valence-corrected chi connectivity index (χ1v) is 3.39. The lowest BCUT2D eigenvalue weighted by atomic mass is 10.0. The van der Waals surface area contributed by atoms with Crippen molar-refractivity contribution in [3.8, 4) is 0 Å². The highest BCUT2D eigenvalue weighted by Gasteiger charge is 2.26. The summed E-state index contributed by atoms with van der Waals surface area (Å²) in [5, 5.41) is 6.84. The summed E-state index contributed by atoms with van der Waals surface area (Å²) in [4.78, 5) is 0. The Hall–Kier alpha value is -0.0800. The highest BCUT2D eigenvalue weighted by Crippen LogP contribution is 2.15. The molecule has 46 valence electrons. The molecule has 0 radical (unpaired) electrons. The van der Waals surface area contributed by atoms with E-state index in [-0.39, 0.29) is 0 Å². The second kappa shape index (κ2) is 1.71. The van der Waals surface area contributed by atoms with Gasteiger partial charge in [0, 0.05) is 12.6 Å². The average molecular weight is 112 g/mol. The van der Waals surface area contributed by atoms with Gasteiger partial charge in [-0.05, 0) is 25.4 Å². The third-order valence-electron chi connectivity index (χ3n) is 2.14. The predicted molar refractivity (Wildman–Crippen MR) is 32.8 cm³/mol. The molecule has 2 N–H and O–H groups in total. The minimum absolute atomic E-state index is 0.800. The Morgan fingerprint density at radius 1 is 1.12 bits per heavy atom. The molecule has 0 aromatic rings. The van der Waals surface area contributed by atoms with Crippen LogP contribution in [0.1, 0.15) is 6.42 Å². The lowest BCUT2D eigenvalue weighted by Crippen LogP contribution is -2.36. The summed E-state index contributed by atoms with van der Waals surface area (Å²) >= 11 is 0. The molecule has 2 atom stereocenters. The van der Waals surface area contributed by atoms with E-state index in [4.69, 9.17) is 0 Å². The molecule has 2 rings (SSSR count). The summed E-state index contributed by atoms with van der Waals surface area (Å²) in [7, 11) is 0. The summed E-state index contributed by atoms with van der Waals surface area (Å²) in [6.07, 6.45) is 1.41. The average Bonchev–Trinajstić information content (AvgIpc) is 2.12. The van der Waals surface area contributed by atoms with E-state index in [9.17, 15) is 0 Å². The number of fused-ring (bicyclic) bond motifs is 2. The SMILES string of the molecule is C1NC[C@@H]2C[C@H]1CN2. The second-order valence-corrected chi connectivity index (χ2v) is 2.87. The topological polar surface area (TPSA) is 24.1 Å². The maximum absolute atomic E-state index is 3.46. The van der Waals surface area contributed by atoms with Crippen LogP contribution in [-0.2, 0) is 0 Å². The Bertz CT molecular complexity index is 78.5. The van der Waals surface area contributed by atoms with Crippen molar-refractivity contribution in [3.63, 3.8) is 0 Å². The molecule has 0 spiro atoms. The molecule has 0 aromatic heterocycles. The lowest BCUT2D eigenvalue weighted by Gasteiger charge is -2.17. The minimum Gasteiger partial charge on any atom is -0.315 e. The molecule has 0 aromatic carbocycles. The molecule has 0 aliphatic carbocycles. The second-order valence-electron chi connectivity index (χ2n) is 2.87. The van der Waals surface area contributed by atoms with Gasteiger partial charge in [-0.15, -0.1) is 0 Å². The zero-order valence-corrected chi connectivity index (χ0v) is 4.98. The minimum atomic E-state index is 0.800. The van der Waals surface area contributed by atoms with Gasteiger partial charge in [0.25, 0.3) is 0 Å². The molecule has 2 heterocycles. The van der Waals surface area contributed by atoms with Crippen LogP contribution in [0.25, 0.3) is 0 Å². The van der Waals surface area contributed by atoms with Gasteiger partial charge < -0.3 is 10.6 Å². The van der Waals surface area contributed by atoms with Gasteiger partial charge in [0.2, 0.25) is 0 Å². The Morgan fingerprint density at radius 3 is 2.88 bits per heavy atom. The molecular weight excluding hydrogens is 100 g/mol. The summed E-state index contributed by atoms with van der Waals surface area (Å²) in [6, 6.07) is 0.800. The summed E-state index contributed by atoms with van der Waals surface area (Å²) < 4.78 is 0. The smallest absolute Gasteiger partial charge is 0.0196 e. The van der Waals surface area contributed by atoms with Crippen molar-refractivity contribution < 1.29 is 0 Å². The number of rotatable bonds is 0. The van der Waals surface area contributed by atoms with Crippen LogP contribution in [0.5, 0.6) is 0 Å². The Labute approximate surface area is 49.7 Å². The maximum Gasteiger partial charge on any atom is 0.0196 e. The molecule has 2 heteroatoms. The number of nitrogens with one attached hydrogen (secondary N) is 2. The Morgan fingerprint density at radius 2 is 2.12 bits per heavy atom. The quantitative estimate of drug-likeness (QED) is 0.444. The van der Waals surface area contributed by atoms with E-state index in [1.165, 1.54) is 26.1 Å². The normalized spacial score (nSPS) is 45.0. The summed E-state index contributed by atoms with van der Waals surface area (Å²) in [5.41, 5.74) is 0. The van der Waals surface area contributed by atoms with Crippen LogP contribution in [0.15, 0.2) is 0 Å². The fourth-order valence-electron chi connectivity index (χ4n) is 1.68. The Balaban J connectivity index is 2.03. The van der Waals surface area contributed by atoms with Crippen LogP contribution in [0, 0.1) is 5.92 Å². The standard InChI is InChI=1S/C6H12N2/c1-5-2-7-4-6(1)8-3-5/h5-8H,1-4H2/t5-,6+/m1/s1. The molecule has 2 nitrogen and oxygen atoms in total. The first kappa shape index (κ1) is 4.77. The fourth-order valence-corrected chi connectivity index (χ4v) is 1.68. The lowest BCUT2D eigenvalue weighted by molar-refractivity contribution is 0.429. The molecule has 2 bridgehead atoms. The van der Waals surface area contributed by atoms with Crippen LogP contribution < -0.4 is 10.6 Å². The van der Waals surface area contributed by atoms with Crippen molar-refractivity contribution in [2.45, 2.75) is 12.5 Å². The summed E-state index contributed by atoms with van der Waals surface area (Å²) in [5.74, 6) is 0.939. The van der Waals surface area contributed by atoms with Crippen LogP contribution in [0.4, 0.5) is 0 Å². The van der Waals surface area contributed by atoms with Crippen LogP contribution >= 0.6 is 0 Å². The number of hydrogen-bond donors (Lipinski definition) is 2. The van der Waals surface area contributed by atoms with E-state index in [1.54, 1.807) is 0 Å². The zero-order chi connectivity index (χ0) is 5.40. The Kier molecular flexibility index (Phi) is 1.02. The van der Waals surface area contributed by atoms with Crippen molar-refractivity contribution in [2.24, 2.45) is 5.92 Å². The molecular formula is C6H12N2. The van der Waals surface area contributed by atoms with Gasteiger partial charge in [-0.2, -0.15) is 0 Å². The first-order valence-electron chi connectivity index (χ1n) is 3.39. The van der Waals surface area contributed by atoms with Gasteiger partial charge in [-0.1, -0.05) is 0 Å². The first-order chi connectivity index (χ1) is 3.95. The maximum atomic E-state index is 3.46. The van der Waals surface area contributed by atoms with Gasteiger partial charge >= 0.3 is 0 Å². The van der Waals surface area contributed by atoms with Gasteiger partial charge in [0.15, 0.2) is 0 Å². The van der Waals surface area contributed by atoms with E-state index in [2.05, 4.69) is 10.6 Å². The monoisotopic (exact) mass is 112 g/mol. The molecule has 2 fully saturated rings. The molecule has 0 unspecified atom stereocenters. The van der Waals surface area contributed by atoms with Crippen LogP contribution in [0.3, 0.4) is 0 Å². The predicted octanol–water partition coefficient (Wildman–Crippen LogP) is -0.432. The van der Waals surface area contributed by atoms with Crippen molar-refractivity contribution in [3.05, 3.63) is 0 Å². The molecule has 2 aliphatic rings. The molecule has 0 amide bonds. The zero-order valence-electron chi connectivity index (χ0n) is 4.98. The van der Waals surface area contributed by atoms with Gasteiger partial charge in [-0.25, -0.2) is 0 Å².